The monoisotopic (exact) mass is 317 g/mol. The van der Waals surface area contributed by atoms with Gasteiger partial charge in [-0.15, -0.1) is 11.3 Å². The van der Waals surface area contributed by atoms with Crippen LogP contribution in [0.5, 0.6) is 0 Å². The Kier molecular flexibility index (Phi) is 5.33. The van der Waals surface area contributed by atoms with Gasteiger partial charge in [0.2, 0.25) is 0 Å². The highest BCUT2D eigenvalue weighted by molar-refractivity contribution is 7.11. The third-order valence-corrected chi connectivity index (χ3v) is 4.07. The lowest BCUT2D eigenvalue weighted by atomic mass is 10.0. The summed E-state index contributed by atoms with van der Waals surface area (Å²) < 4.78 is 5.15. The molecule has 0 bridgehead atoms. The second-order valence-electron chi connectivity index (χ2n) is 5.29. The molecule has 1 N–H and O–H groups in total. The number of esters is 1. The number of carbonyl (C=O) groups is 2. The number of hydrogen-bond acceptors (Lipinski definition) is 4. The first-order chi connectivity index (χ1) is 10.5. The van der Waals surface area contributed by atoms with E-state index in [2.05, 4.69) is 19.2 Å². The van der Waals surface area contributed by atoms with Crippen molar-refractivity contribution in [2.45, 2.75) is 32.8 Å². The summed E-state index contributed by atoms with van der Waals surface area (Å²) in [6.45, 7) is 5.78. The molecule has 0 aliphatic carbocycles. The van der Waals surface area contributed by atoms with Gasteiger partial charge in [0, 0.05) is 5.69 Å². The van der Waals surface area contributed by atoms with Crippen LogP contribution in [-0.4, -0.2) is 18.0 Å². The number of nitrogens with one attached hydrogen (secondary N) is 1. The van der Waals surface area contributed by atoms with Gasteiger partial charge in [0.1, 0.15) is 4.88 Å². The minimum absolute atomic E-state index is 0.345. The minimum Gasteiger partial charge on any atom is -0.448 e. The van der Waals surface area contributed by atoms with Crippen molar-refractivity contribution in [2.75, 3.05) is 5.32 Å². The van der Waals surface area contributed by atoms with E-state index in [0.717, 1.165) is 0 Å². The Morgan fingerprint density at radius 2 is 1.77 bits per heavy atom. The zero-order valence-electron chi connectivity index (χ0n) is 12.8. The number of ether oxygens (including phenoxy) is 1. The SMILES string of the molecule is CC(C)c1ccc(NC(=O)[C@@H](C)OC(=O)c2cccs2)cc1. The molecule has 4 nitrogen and oxygen atoms in total. The molecule has 0 unspecified atom stereocenters. The van der Waals surface area contributed by atoms with Gasteiger partial charge in [0.15, 0.2) is 6.10 Å². The van der Waals surface area contributed by atoms with Crippen molar-refractivity contribution in [2.24, 2.45) is 0 Å². The molecule has 1 atom stereocenters. The molecular weight excluding hydrogens is 298 g/mol. The number of rotatable bonds is 5. The van der Waals surface area contributed by atoms with E-state index in [1.54, 1.807) is 24.4 Å². The Balaban J connectivity index is 1.92. The topological polar surface area (TPSA) is 55.4 Å². The fourth-order valence-electron chi connectivity index (χ4n) is 1.86. The molecule has 0 saturated carbocycles. The van der Waals surface area contributed by atoms with Crippen molar-refractivity contribution in [3.63, 3.8) is 0 Å². The van der Waals surface area contributed by atoms with Crippen molar-refractivity contribution in [3.8, 4) is 0 Å². The van der Waals surface area contributed by atoms with Crippen LogP contribution in [-0.2, 0) is 9.53 Å². The molecule has 22 heavy (non-hydrogen) atoms. The van der Waals surface area contributed by atoms with Gasteiger partial charge in [-0.3, -0.25) is 4.79 Å². The maximum absolute atomic E-state index is 12.1. The van der Waals surface area contributed by atoms with Crippen LogP contribution in [0.4, 0.5) is 5.69 Å². The Hall–Kier alpha value is -2.14. The van der Waals surface area contributed by atoms with Gasteiger partial charge >= 0.3 is 5.97 Å². The average Bonchev–Trinajstić information content (AvgIpc) is 3.02. The summed E-state index contributed by atoms with van der Waals surface area (Å²) in [7, 11) is 0. The van der Waals surface area contributed by atoms with Crippen molar-refractivity contribution in [1.82, 2.24) is 0 Å². The summed E-state index contributed by atoms with van der Waals surface area (Å²) in [5.74, 6) is -0.384. The molecule has 116 valence electrons. The van der Waals surface area contributed by atoms with Crippen molar-refractivity contribution in [3.05, 3.63) is 52.2 Å². The molecule has 0 saturated heterocycles. The van der Waals surface area contributed by atoms with E-state index in [9.17, 15) is 9.59 Å². The lowest BCUT2D eigenvalue weighted by molar-refractivity contribution is -0.123. The number of carbonyl (C=O) groups excluding carboxylic acids is 2. The third kappa shape index (κ3) is 4.18. The summed E-state index contributed by atoms with van der Waals surface area (Å²) >= 11 is 1.29. The van der Waals surface area contributed by atoms with E-state index >= 15 is 0 Å². The Labute approximate surface area is 134 Å². The predicted molar refractivity (Wildman–Crippen MR) is 88.4 cm³/mol. The summed E-state index contributed by atoms with van der Waals surface area (Å²) in [5, 5.41) is 4.54. The first-order valence-electron chi connectivity index (χ1n) is 7.12. The summed E-state index contributed by atoms with van der Waals surface area (Å²) in [6, 6.07) is 11.1. The van der Waals surface area contributed by atoms with Crippen LogP contribution >= 0.6 is 11.3 Å². The molecular formula is C17H19NO3S. The van der Waals surface area contributed by atoms with Crippen molar-refractivity contribution >= 4 is 28.9 Å². The van der Waals surface area contributed by atoms with Crippen LogP contribution in [0.25, 0.3) is 0 Å². The van der Waals surface area contributed by atoms with Gasteiger partial charge in [0.25, 0.3) is 5.91 Å². The maximum Gasteiger partial charge on any atom is 0.349 e. The Morgan fingerprint density at radius 3 is 2.32 bits per heavy atom. The molecule has 0 aliphatic rings. The van der Waals surface area contributed by atoms with Gasteiger partial charge in [-0.05, 0) is 42.0 Å². The predicted octanol–water partition coefficient (Wildman–Crippen LogP) is 4.06. The first kappa shape index (κ1) is 16.2. The molecule has 0 aliphatic heterocycles. The fourth-order valence-corrected chi connectivity index (χ4v) is 2.47. The average molecular weight is 317 g/mol. The highest BCUT2D eigenvalue weighted by Gasteiger charge is 2.19. The Bertz CT molecular complexity index is 632. The van der Waals surface area contributed by atoms with Gasteiger partial charge in [-0.1, -0.05) is 32.0 Å². The smallest absolute Gasteiger partial charge is 0.349 e. The summed E-state index contributed by atoms with van der Waals surface area (Å²) in [4.78, 5) is 24.3. The molecule has 0 radical (unpaired) electrons. The zero-order valence-corrected chi connectivity index (χ0v) is 13.6. The molecule has 0 fully saturated rings. The van der Waals surface area contributed by atoms with Crippen LogP contribution in [0.2, 0.25) is 0 Å². The normalized spacial score (nSPS) is 12.0. The number of amides is 1. The number of anilines is 1. The summed E-state index contributed by atoms with van der Waals surface area (Å²) in [5.41, 5.74) is 1.89. The lowest BCUT2D eigenvalue weighted by Crippen LogP contribution is -2.29. The number of thiophene rings is 1. The molecule has 1 aromatic heterocycles. The molecule has 0 spiro atoms. The summed E-state index contributed by atoms with van der Waals surface area (Å²) in [6.07, 6.45) is -0.848. The molecule has 2 aromatic rings. The van der Waals surface area contributed by atoms with Crippen LogP contribution in [0.1, 0.15) is 41.9 Å². The van der Waals surface area contributed by atoms with E-state index < -0.39 is 12.1 Å². The molecule has 5 heteroatoms. The second kappa shape index (κ2) is 7.22. The van der Waals surface area contributed by atoms with Crippen molar-refractivity contribution < 1.29 is 14.3 Å². The van der Waals surface area contributed by atoms with E-state index in [0.29, 0.717) is 16.5 Å². The lowest BCUT2D eigenvalue weighted by Gasteiger charge is -2.13. The third-order valence-electron chi connectivity index (χ3n) is 3.22. The van der Waals surface area contributed by atoms with E-state index in [-0.39, 0.29) is 5.91 Å². The quantitative estimate of drug-likeness (QED) is 0.846. The van der Waals surface area contributed by atoms with Gasteiger partial charge in [0.05, 0.1) is 0 Å². The number of hydrogen-bond donors (Lipinski definition) is 1. The second-order valence-corrected chi connectivity index (χ2v) is 6.24. The molecule has 1 heterocycles. The highest BCUT2D eigenvalue weighted by atomic mass is 32.1. The van der Waals surface area contributed by atoms with Crippen LogP contribution in [0.3, 0.4) is 0 Å². The standard InChI is InChI=1S/C17H19NO3S/c1-11(2)13-6-8-14(9-7-13)18-16(19)12(3)21-17(20)15-5-4-10-22-15/h4-12H,1-3H3,(H,18,19)/t12-/m1/s1. The maximum atomic E-state index is 12.1. The highest BCUT2D eigenvalue weighted by Crippen LogP contribution is 2.17. The van der Waals surface area contributed by atoms with Crippen LogP contribution in [0, 0.1) is 0 Å². The van der Waals surface area contributed by atoms with Gasteiger partial charge < -0.3 is 10.1 Å². The van der Waals surface area contributed by atoms with Crippen LogP contribution < -0.4 is 5.32 Å². The molecule has 1 amide bonds. The largest absolute Gasteiger partial charge is 0.448 e. The van der Waals surface area contributed by atoms with Gasteiger partial charge in [-0.25, -0.2) is 4.79 Å². The molecule has 1 aromatic carbocycles. The van der Waals surface area contributed by atoms with E-state index in [1.807, 2.05) is 24.3 Å². The van der Waals surface area contributed by atoms with Crippen molar-refractivity contribution in [1.29, 1.82) is 0 Å². The Morgan fingerprint density at radius 1 is 1.09 bits per heavy atom. The van der Waals surface area contributed by atoms with E-state index in [4.69, 9.17) is 4.74 Å². The number of benzene rings is 1. The minimum atomic E-state index is -0.848. The zero-order chi connectivity index (χ0) is 16.1. The fraction of sp³-hybridized carbons (Fsp3) is 0.294. The first-order valence-corrected chi connectivity index (χ1v) is 8.00. The molecule has 2 rings (SSSR count). The van der Waals surface area contributed by atoms with Crippen LogP contribution in [0.15, 0.2) is 41.8 Å². The van der Waals surface area contributed by atoms with E-state index in [1.165, 1.54) is 16.9 Å². The van der Waals surface area contributed by atoms with Gasteiger partial charge in [-0.2, -0.15) is 0 Å².